The van der Waals surface area contributed by atoms with Crippen molar-refractivity contribution in [2.45, 2.75) is 13.8 Å². The molecular formula is C19H22FN3S. The van der Waals surface area contributed by atoms with Crippen LogP contribution >= 0.6 is 12.2 Å². The minimum absolute atomic E-state index is 0.198. The number of halogens is 1. The number of piperazine rings is 1. The van der Waals surface area contributed by atoms with E-state index in [1.54, 1.807) is 0 Å². The fourth-order valence-corrected chi connectivity index (χ4v) is 3.14. The summed E-state index contributed by atoms with van der Waals surface area (Å²) in [6.45, 7) is 7.67. The van der Waals surface area contributed by atoms with Gasteiger partial charge in [0.05, 0.1) is 0 Å². The van der Waals surface area contributed by atoms with Gasteiger partial charge in [0.25, 0.3) is 0 Å². The third-order valence-electron chi connectivity index (χ3n) is 4.52. The second-order valence-electron chi connectivity index (χ2n) is 6.18. The highest BCUT2D eigenvalue weighted by atomic mass is 32.1. The fourth-order valence-electron chi connectivity index (χ4n) is 2.84. The van der Waals surface area contributed by atoms with Crippen LogP contribution in [0.3, 0.4) is 0 Å². The van der Waals surface area contributed by atoms with Crippen molar-refractivity contribution in [3.63, 3.8) is 0 Å². The molecule has 0 atom stereocenters. The molecule has 0 radical (unpaired) electrons. The summed E-state index contributed by atoms with van der Waals surface area (Å²) in [5.74, 6) is -0.198. The van der Waals surface area contributed by atoms with Gasteiger partial charge >= 0.3 is 0 Å². The van der Waals surface area contributed by atoms with Crippen molar-refractivity contribution >= 4 is 28.7 Å². The van der Waals surface area contributed by atoms with Crippen molar-refractivity contribution < 1.29 is 4.39 Å². The van der Waals surface area contributed by atoms with Gasteiger partial charge in [0.1, 0.15) is 5.82 Å². The molecule has 3 nitrogen and oxygen atoms in total. The molecule has 2 aromatic carbocycles. The standard InChI is InChI=1S/C19H22FN3S/c1-14-3-6-17(13-15(14)2)21-19(24)23-11-9-22(10-12-23)18-7-4-16(20)5-8-18/h3-8,13H,9-12H2,1-2H3,(H,21,24). The number of aryl methyl sites for hydroxylation is 2. The molecule has 0 bridgehead atoms. The second kappa shape index (κ2) is 7.18. The molecule has 126 valence electrons. The van der Waals surface area contributed by atoms with Crippen molar-refractivity contribution in [2.75, 3.05) is 36.4 Å². The molecule has 2 aromatic rings. The molecule has 24 heavy (non-hydrogen) atoms. The summed E-state index contributed by atoms with van der Waals surface area (Å²) >= 11 is 5.55. The Morgan fingerprint density at radius 3 is 2.25 bits per heavy atom. The molecule has 0 unspecified atom stereocenters. The van der Waals surface area contributed by atoms with Gasteiger partial charge in [-0.3, -0.25) is 0 Å². The lowest BCUT2D eigenvalue weighted by atomic mass is 10.1. The van der Waals surface area contributed by atoms with E-state index in [0.717, 1.165) is 42.7 Å². The van der Waals surface area contributed by atoms with Crippen LogP contribution in [0.5, 0.6) is 0 Å². The summed E-state index contributed by atoms with van der Waals surface area (Å²) in [4.78, 5) is 4.44. The van der Waals surface area contributed by atoms with Crippen LogP contribution in [0.1, 0.15) is 11.1 Å². The van der Waals surface area contributed by atoms with E-state index in [9.17, 15) is 4.39 Å². The van der Waals surface area contributed by atoms with Crippen LogP contribution in [0.15, 0.2) is 42.5 Å². The molecule has 1 aliphatic heterocycles. The lowest BCUT2D eigenvalue weighted by Gasteiger charge is -2.37. The van der Waals surface area contributed by atoms with E-state index in [0.29, 0.717) is 0 Å². The second-order valence-corrected chi connectivity index (χ2v) is 6.57. The lowest BCUT2D eigenvalue weighted by molar-refractivity contribution is 0.391. The molecular weight excluding hydrogens is 321 g/mol. The summed E-state index contributed by atoms with van der Waals surface area (Å²) in [6.07, 6.45) is 0. The van der Waals surface area contributed by atoms with Crippen LogP contribution in [0.4, 0.5) is 15.8 Å². The first kappa shape index (κ1) is 16.7. The summed E-state index contributed by atoms with van der Waals surface area (Å²) < 4.78 is 13.0. The zero-order chi connectivity index (χ0) is 17.1. The van der Waals surface area contributed by atoms with Gasteiger partial charge in [-0.25, -0.2) is 4.39 Å². The minimum Gasteiger partial charge on any atom is -0.368 e. The van der Waals surface area contributed by atoms with Crippen molar-refractivity contribution in [3.05, 3.63) is 59.4 Å². The number of nitrogens with one attached hydrogen (secondary N) is 1. The highest BCUT2D eigenvalue weighted by Gasteiger charge is 2.19. The predicted molar refractivity (Wildman–Crippen MR) is 102 cm³/mol. The first-order valence-corrected chi connectivity index (χ1v) is 8.57. The molecule has 1 N–H and O–H groups in total. The fraction of sp³-hybridized carbons (Fsp3) is 0.316. The first-order valence-electron chi connectivity index (χ1n) is 8.16. The Hall–Kier alpha value is -2.14. The molecule has 0 spiro atoms. The molecule has 1 aliphatic rings. The molecule has 0 saturated carbocycles. The third-order valence-corrected chi connectivity index (χ3v) is 4.88. The third kappa shape index (κ3) is 3.85. The van der Waals surface area contributed by atoms with E-state index in [1.807, 2.05) is 12.1 Å². The highest BCUT2D eigenvalue weighted by molar-refractivity contribution is 7.80. The van der Waals surface area contributed by atoms with Crippen molar-refractivity contribution in [2.24, 2.45) is 0 Å². The topological polar surface area (TPSA) is 18.5 Å². The van der Waals surface area contributed by atoms with Crippen molar-refractivity contribution in [3.8, 4) is 0 Å². The maximum absolute atomic E-state index is 13.0. The van der Waals surface area contributed by atoms with Gasteiger partial charge in [-0.1, -0.05) is 6.07 Å². The van der Waals surface area contributed by atoms with Gasteiger partial charge in [0.15, 0.2) is 5.11 Å². The largest absolute Gasteiger partial charge is 0.368 e. The number of rotatable bonds is 2. The van der Waals surface area contributed by atoms with Crippen molar-refractivity contribution in [1.29, 1.82) is 0 Å². The van der Waals surface area contributed by atoms with Gasteiger partial charge in [0, 0.05) is 37.6 Å². The number of anilines is 2. The minimum atomic E-state index is -0.198. The van der Waals surface area contributed by atoms with Crippen LogP contribution in [-0.4, -0.2) is 36.2 Å². The Bertz CT molecular complexity index is 722. The van der Waals surface area contributed by atoms with Crippen LogP contribution < -0.4 is 10.2 Å². The maximum atomic E-state index is 13.0. The Balaban J connectivity index is 1.56. The first-order chi connectivity index (χ1) is 11.5. The van der Waals surface area contributed by atoms with E-state index in [-0.39, 0.29) is 5.82 Å². The van der Waals surface area contributed by atoms with E-state index in [2.05, 4.69) is 47.2 Å². The van der Waals surface area contributed by atoms with Crippen LogP contribution in [0.25, 0.3) is 0 Å². The number of hydrogen-bond donors (Lipinski definition) is 1. The molecule has 0 amide bonds. The molecule has 0 aromatic heterocycles. The Labute approximate surface area is 148 Å². The Kier molecular flexibility index (Phi) is 5.00. The van der Waals surface area contributed by atoms with Gasteiger partial charge in [-0.15, -0.1) is 0 Å². The highest BCUT2D eigenvalue weighted by Crippen LogP contribution is 2.18. The smallest absolute Gasteiger partial charge is 0.173 e. The molecule has 1 fully saturated rings. The van der Waals surface area contributed by atoms with Crippen molar-refractivity contribution in [1.82, 2.24) is 4.90 Å². The summed E-state index contributed by atoms with van der Waals surface area (Å²) in [7, 11) is 0. The average Bonchev–Trinajstić information content (AvgIpc) is 2.59. The molecule has 1 heterocycles. The molecule has 5 heteroatoms. The van der Waals surface area contributed by atoms with Gasteiger partial charge in [0.2, 0.25) is 0 Å². The maximum Gasteiger partial charge on any atom is 0.173 e. The van der Waals surface area contributed by atoms with Crippen LogP contribution in [0.2, 0.25) is 0 Å². The summed E-state index contributed by atoms with van der Waals surface area (Å²) in [5.41, 5.74) is 4.62. The molecule has 1 saturated heterocycles. The molecule has 0 aliphatic carbocycles. The quantitative estimate of drug-likeness (QED) is 0.832. The zero-order valence-corrected chi connectivity index (χ0v) is 14.9. The predicted octanol–water partition coefficient (Wildman–Crippen LogP) is 3.96. The SMILES string of the molecule is Cc1ccc(NC(=S)N2CCN(c3ccc(F)cc3)CC2)cc1C. The number of benzene rings is 2. The number of nitrogens with zero attached hydrogens (tertiary/aromatic N) is 2. The zero-order valence-electron chi connectivity index (χ0n) is 14.1. The van der Waals surface area contributed by atoms with E-state index in [4.69, 9.17) is 12.2 Å². The van der Waals surface area contributed by atoms with Crippen LogP contribution in [-0.2, 0) is 0 Å². The van der Waals surface area contributed by atoms with Gasteiger partial charge in [-0.2, -0.15) is 0 Å². The number of thiocarbonyl (C=S) groups is 1. The number of hydrogen-bond acceptors (Lipinski definition) is 2. The van der Waals surface area contributed by atoms with E-state index < -0.39 is 0 Å². The summed E-state index contributed by atoms with van der Waals surface area (Å²) in [5, 5.41) is 4.09. The monoisotopic (exact) mass is 343 g/mol. The Morgan fingerprint density at radius 2 is 1.62 bits per heavy atom. The van der Waals surface area contributed by atoms with Crippen LogP contribution in [0, 0.1) is 19.7 Å². The van der Waals surface area contributed by atoms with Gasteiger partial charge < -0.3 is 15.1 Å². The Morgan fingerprint density at radius 1 is 0.958 bits per heavy atom. The summed E-state index contributed by atoms with van der Waals surface area (Å²) in [6, 6.07) is 13.0. The van der Waals surface area contributed by atoms with E-state index in [1.165, 1.54) is 23.3 Å². The average molecular weight is 343 g/mol. The van der Waals surface area contributed by atoms with Gasteiger partial charge in [-0.05, 0) is 73.6 Å². The molecule has 3 rings (SSSR count). The normalized spacial score (nSPS) is 14.6. The lowest BCUT2D eigenvalue weighted by Crippen LogP contribution is -2.50. The van der Waals surface area contributed by atoms with E-state index >= 15 is 0 Å².